The van der Waals surface area contributed by atoms with Crippen molar-refractivity contribution in [2.24, 2.45) is 5.92 Å². The molecule has 6 heteroatoms. The van der Waals surface area contributed by atoms with E-state index in [1.807, 2.05) is 97.1 Å². The number of para-hydroxylation sites is 2. The van der Waals surface area contributed by atoms with Crippen molar-refractivity contribution < 1.29 is 0 Å². The molecule has 1 unspecified atom stereocenters. The lowest BCUT2D eigenvalue weighted by Crippen LogP contribution is -2.07. The Bertz CT molecular complexity index is 2870. The number of hydrogen-bond donors (Lipinski definition) is 0. The number of rotatable bonds is 4. The average molecular weight is 665 g/mol. The van der Waals surface area contributed by atoms with Crippen LogP contribution in [0.15, 0.2) is 115 Å². The van der Waals surface area contributed by atoms with E-state index in [4.69, 9.17) is 0 Å². The van der Waals surface area contributed by atoms with Gasteiger partial charge in [0.1, 0.15) is 6.07 Å². The molecular weight excluding hydrogens is 637 g/mol. The molecule has 0 aliphatic heterocycles. The number of nitrogens with zero attached hydrogens (tertiary/aromatic N) is 6. The van der Waals surface area contributed by atoms with Gasteiger partial charge in [-0.3, -0.25) is 0 Å². The van der Waals surface area contributed by atoms with Crippen LogP contribution in [0.2, 0.25) is 0 Å². The summed E-state index contributed by atoms with van der Waals surface area (Å²) in [6, 6.07) is 43.2. The topological polar surface area (TPSA) is 105 Å². The third-order valence-corrected chi connectivity index (χ3v) is 10.4. The summed E-state index contributed by atoms with van der Waals surface area (Å²) >= 11 is 0. The Balaban J connectivity index is 1.18. The molecule has 6 nitrogen and oxygen atoms in total. The second kappa shape index (κ2) is 12.2. The quantitative estimate of drug-likeness (QED) is 0.187. The van der Waals surface area contributed by atoms with Gasteiger partial charge in [-0.05, 0) is 96.1 Å². The minimum absolute atomic E-state index is 0.132. The Morgan fingerprint density at radius 2 is 1.37 bits per heavy atom. The fourth-order valence-electron chi connectivity index (χ4n) is 8.08. The van der Waals surface area contributed by atoms with Crippen molar-refractivity contribution in [2.75, 3.05) is 0 Å². The molecular formula is C46H28N6. The third kappa shape index (κ3) is 4.68. The third-order valence-electron chi connectivity index (χ3n) is 10.4. The van der Waals surface area contributed by atoms with Crippen molar-refractivity contribution in [1.29, 1.82) is 21.0 Å². The van der Waals surface area contributed by atoms with Gasteiger partial charge >= 0.3 is 0 Å². The molecule has 0 fully saturated rings. The molecule has 7 aromatic rings. The maximum absolute atomic E-state index is 10.4. The highest BCUT2D eigenvalue weighted by Gasteiger charge is 2.27. The summed E-state index contributed by atoms with van der Waals surface area (Å²) in [4.78, 5) is 0. The normalized spacial score (nSPS) is 14.3. The summed E-state index contributed by atoms with van der Waals surface area (Å²) in [5.41, 5.74) is 13.5. The Kier molecular flexibility index (Phi) is 7.19. The smallest absolute Gasteiger partial charge is 0.101 e. The molecule has 2 aliphatic carbocycles. The molecule has 52 heavy (non-hydrogen) atoms. The first-order valence-corrected chi connectivity index (χ1v) is 17.2. The summed E-state index contributed by atoms with van der Waals surface area (Å²) in [5.74, 6) is -0.132. The first-order valence-electron chi connectivity index (χ1n) is 17.2. The predicted octanol–water partition coefficient (Wildman–Crippen LogP) is 10.2. The van der Waals surface area contributed by atoms with Crippen molar-refractivity contribution in [3.8, 4) is 57.9 Å². The van der Waals surface area contributed by atoms with Crippen LogP contribution in [0, 0.1) is 51.2 Å². The first-order chi connectivity index (χ1) is 25.6. The first kappa shape index (κ1) is 30.7. The Hall–Kier alpha value is -7.38. The molecule has 0 N–H and O–H groups in total. The molecule has 2 heterocycles. The fourth-order valence-corrected chi connectivity index (χ4v) is 8.08. The molecule has 0 saturated carbocycles. The van der Waals surface area contributed by atoms with E-state index < -0.39 is 0 Å². The van der Waals surface area contributed by atoms with E-state index in [-0.39, 0.29) is 5.92 Å². The van der Waals surface area contributed by atoms with Gasteiger partial charge in [-0.25, -0.2) is 0 Å². The highest BCUT2D eigenvalue weighted by molar-refractivity contribution is 6.10. The summed E-state index contributed by atoms with van der Waals surface area (Å²) in [7, 11) is 0. The van der Waals surface area contributed by atoms with E-state index in [1.54, 1.807) is 0 Å². The lowest BCUT2D eigenvalue weighted by atomic mass is 9.89. The van der Waals surface area contributed by atoms with Crippen molar-refractivity contribution in [1.82, 2.24) is 9.13 Å². The Morgan fingerprint density at radius 1 is 0.596 bits per heavy atom. The number of fused-ring (bicyclic) bond motifs is 6. The van der Waals surface area contributed by atoms with Crippen LogP contribution in [-0.4, -0.2) is 9.13 Å². The number of benzene rings is 5. The van der Waals surface area contributed by atoms with Gasteiger partial charge in [0.25, 0.3) is 0 Å². The minimum Gasteiger partial charge on any atom is -0.310 e. The molecule has 0 spiro atoms. The van der Waals surface area contributed by atoms with E-state index in [0.717, 1.165) is 79.7 Å². The van der Waals surface area contributed by atoms with E-state index in [2.05, 4.69) is 63.8 Å². The molecule has 0 saturated heterocycles. The molecule has 2 aromatic heterocycles. The molecule has 2 aliphatic rings. The zero-order valence-electron chi connectivity index (χ0n) is 28.0. The van der Waals surface area contributed by atoms with Crippen LogP contribution in [0.3, 0.4) is 0 Å². The van der Waals surface area contributed by atoms with E-state index in [1.165, 1.54) is 11.1 Å². The van der Waals surface area contributed by atoms with Gasteiger partial charge in [-0.15, -0.1) is 0 Å². The zero-order chi connectivity index (χ0) is 35.3. The summed E-state index contributed by atoms with van der Waals surface area (Å²) < 4.78 is 4.37. The molecule has 5 aromatic carbocycles. The van der Waals surface area contributed by atoms with Crippen LogP contribution < -0.4 is 0 Å². The maximum Gasteiger partial charge on any atom is 0.101 e. The van der Waals surface area contributed by atoms with E-state index in [0.29, 0.717) is 23.1 Å². The monoisotopic (exact) mass is 664 g/mol. The lowest BCUT2D eigenvalue weighted by molar-refractivity contribution is 0.794. The maximum atomic E-state index is 10.4. The average Bonchev–Trinajstić information content (AvgIpc) is 3.72. The highest BCUT2D eigenvalue weighted by atomic mass is 15.0. The largest absolute Gasteiger partial charge is 0.310 e. The van der Waals surface area contributed by atoms with Crippen LogP contribution in [0.5, 0.6) is 0 Å². The van der Waals surface area contributed by atoms with Crippen molar-refractivity contribution >= 4 is 34.0 Å². The van der Waals surface area contributed by atoms with Crippen molar-refractivity contribution in [2.45, 2.75) is 19.3 Å². The summed E-state index contributed by atoms with van der Waals surface area (Å²) in [6.07, 6.45) is 11.1. The standard InChI is InChI=1S/C46H28N6/c47-25-29-13-21-44-41(22-29)38-8-2-3-10-42(38)51(44)35-19-18-33(27-49)40(24-35)32-16-14-31(15-17-32)36-9-5-6-34(28-50)46(36)52-43-11-4-1-7-37(43)39-20-12-30(26-48)23-45(39)52/h1,3-7,9-21,23-24,29H,2,8,22H2. The predicted molar refractivity (Wildman–Crippen MR) is 204 cm³/mol. The van der Waals surface area contributed by atoms with Gasteiger partial charge in [0, 0.05) is 39.0 Å². The molecule has 1 atom stereocenters. The molecule has 9 rings (SSSR count). The summed E-state index contributed by atoms with van der Waals surface area (Å²) in [5, 5.41) is 42.1. The number of nitriles is 4. The molecule has 0 radical (unpaired) electrons. The lowest BCUT2D eigenvalue weighted by Gasteiger charge is -2.17. The van der Waals surface area contributed by atoms with E-state index in [9.17, 15) is 21.0 Å². The van der Waals surface area contributed by atoms with Gasteiger partial charge in [0.05, 0.1) is 57.5 Å². The number of aromatic nitrogens is 2. The summed E-state index contributed by atoms with van der Waals surface area (Å²) in [6.45, 7) is 0. The minimum atomic E-state index is -0.132. The zero-order valence-corrected chi connectivity index (χ0v) is 28.0. The van der Waals surface area contributed by atoms with Crippen LogP contribution in [0.1, 0.15) is 45.6 Å². The molecule has 0 bridgehead atoms. The second-order valence-corrected chi connectivity index (χ2v) is 13.2. The van der Waals surface area contributed by atoms with Gasteiger partial charge in [0.15, 0.2) is 0 Å². The van der Waals surface area contributed by atoms with Crippen LogP contribution >= 0.6 is 0 Å². The SMILES string of the molecule is N#Cc1ccc2c3ccccc3n(-c3c(C#N)cccc3-c3ccc(-c4cc(-n5c6c(c7c5C=CC(C#N)C7)CCC=C6)ccc4C#N)cc3)c2c1. The Morgan fingerprint density at radius 3 is 2.15 bits per heavy atom. The molecule has 0 amide bonds. The Labute approximate surface area is 300 Å². The van der Waals surface area contributed by atoms with Gasteiger partial charge < -0.3 is 9.13 Å². The van der Waals surface area contributed by atoms with Crippen LogP contribution in [0.25, 0.3) is 67.6 Å². The van der Waals surface area contributed by atoms with Crippen LogP contribution in [-0.2, 0) is 12.8 Å². The number of hydrogen-bond acceptors (Lipinski definition) is 4. The molecule has 242 valence electrons. The highest BCUT2D eigenvalue weighted by Crippen LogP contribution is 2.40. The van der Waals surface area contributed by atoms with Crippen LogP contribution in [0.4, 0.5) is 0 Å². The van der Waals surface area contributed by atoms with Gasteiger partial charge in [-0.1, -0.05) is 72.8 Å². The number of allylic oxidation sites excluding steroid dienone is 2. The second-order valence-electron chi connectivity index (χ2n) is 13.2. The van der Waals surface area contributed by atoms with Gasteiger partial charge in [-0.2, -0.15) is 21.0 Å². The fraction of sp³-hybridized carbons (Fsp3) is 0.0870. The van der Waals surface area contributed by atoms with Gasteiger partial charge in [0.2, 0.25) is 0 Å². The van der Waals surface area contributed by atoms with Crippen molar-refractivity contribution in [3.05, 3.63) is 154 Å². The van der Waals surface area contributed by atoms with E-state index >= 15 is 0 Å². The van der Waals surface area contributed by atoms with Crippen molar-refractivity contribution in [3.63, 3.8) is 0 Å².